The van der Waals surface area contributed by atoms with Gasteiger partial charge in [0.25, 0.3) is 5.56 Å². The summed E-state index contributed by atoms with van der Waals surface area (Å²) in [7, 11) is 0. The first-order valence-electron chi connectivity index (χ1n) is 7.58. The van der Waals surface area contributed by atoms with Crippen LogP contribution in [-0.4, -0.2) is 22.9 Å². The van der Waals surface area contributed by atoms with Crippen LogP contribution >= 0.6 is 0 Å². The van der Waals surface area contributed by atoms with Gasteiger partial charge in [-0.2, -0.15) is 10.4 Å². The van der Waals surface area contributed by atoms with Crippen LogP contribution in [-0.2, 0) is 6.54 Å². The summed E-state index contributed by atoms with van der Waals surface area (Å²) in [6, 6.07) is 13.3. The van der Waals surface area contributed by atoms with E-state index in [9.17, 15) is 4.79 Å². The van der Waals surface area contributed by atoms with Gasteiger partial charge in [-0.3, -0.25) is 4.79 Å². The molecule has 112 valence electrons. The van der Waals surface area contributed by atoms with E-state index in [4.69, 9.17) is 5.26 Å². The van der Waals surface area contributed by atoms with Crippen molar-refractivity contribution >= 4 is 5.69 Å². The van der Waals surface area contributed by atoms with Crippen LogP contribution in [0, 0.1) is 11.3 Å². The van der Waals surface area contributed by atoms with Crippen molar-refractivity contribution in [2.45, 2.75) is 25.8 Å². The summed E-state index contributed by atoms with van der Waals surface area (Å²) in [5.74, 6) is 0. The van der Waals surface area contributed by atoms with Gasteiger partial charge in [0, 0.05) is 30.4 Å². The Kier molecular flexibility index (Phi) is 4.19. The van der Waals surface area contributed by atoms with E-state index in [-0.39, 0.29) is 12.1 Å². The molecule has 1 fully saturated rings. The molecule has 0 amide bonds. The lowest BCUT2D eigenvalue weighted by Crippen LogP contribution is -2.29. The average Bonchev–Trinajstić information content (AvgIpc) is 2.58. The highest BCUT2D eigenvalue weighted by molar-refractivity contribution is 5.62. The normalized spacial score (nSPS) is 14.6. The number of nitrogens with zero attached hydrogens (tertiary/aromatic N) is 4. The molecule has 0 spiro atoms. The number of aromatic nitrogens is 2. The molecule has 1 aromatic heterocycles. The minimum Gasteiger partial charge on any atom is -0.372 e. The van der Waals surface area contributed by atoms with Crippen molar-refractivity contribution in [3.05, 3.63) is 46.8 Å². The second-order valence-corrected chi connectivity index (χ2v) is 5.47. The average molecular weight is 294 g/mol. The number of benzene rings is 1. The van der Waals surface area contributed by atoms with Gasteiger partial charge in [0.2, 0.25) is 0 Å². The summed E-state index contributed by atoms with van der Waals surface area (Å²) >= 11 is 0. The Morgan fingerprint density at radius 3 is 2.45 bits per heavy atom. The molecule has 0 bridgehead atoms. The quantitative estimate of drug-likeness (QED) is 0.872. The van der Waals surface area contributed by atoms with Gasteiger partial charge < -0.3 is 4.90 Å². The van der Waals surface area contributed by atoms with E-state index >= 15 is 0 Å². The molecule has 0 saturated carbocycles. The minimum absolute atomic E-state index is 0.0292. The van der Waals surface area contributed by atoms with Crippen LogP contribution < -0.4 is 10.5 Å². The van der Waals surface area contributed by atoms with Crippen molar-refractivity contribution in [2.24, 2.45) is 0 Å². The lowest BCUT2D eigenvalue weighted by molar-refractivity contribution is 0.578. The van der Waals surface area contributed by atoms with Crippen LogP contribution in [0.25, 0.3) is 11.3 Å². The molecule has 1 saturated heterocycles. The monoisotopic (exact) mass is 294 g/mol. The molecular weight excluding hydrogens is 276 g/mol. The molecular formula is C17H18N4O. The fourth-order valence-corrected chi connectivity index (χ4v) is 2.78. The van der Waals surface area contributed by atoms with Crippen molar-refractivity contribution in [1.29, 1.82) is 5.26 Å². The Morgan fingerprint density at radius 2 is 1.77 bits per heavy atom. The lowest BCUT2D eigenvalue weighted by atomic mass is 10.1. The molecule has 2 aromatic rings. The van der Waals surface area contributed by atoms with Gasteiger partial charge in [-0.05, 0) is 37.5 Å². The van der Waals surface area contributed by atoms with Crippen LogP contribution in [0.5, 0.6) is 0 Å². The van der Waals surface area contributed by atoms with Crippen LogP contribution in [0.3, 0.4) is 0 Å². The van der Waals surface area contributed by atoms with E-state index in [1.54, 1.807) is 6.07 Å². The van der Waals surface area contributed by atoms with E-state index in [0.717, 1.165) is 18.7 Å². The Balaban J connectivity index is 1.85. The maximum absolute atomic E-state index is 11.6. The van der Waals surface area contributed by atoms with Crippen LogP contribution in [0.1, 0.15) is 19.3 Å². The molecule has 0 atom stereocenters. The van der Waals surface area contributed by atoms with Crippen molar-refractivity contribution < 1.29 is 0 Å². The van der Waals surface area contributed by atoms with Gasteiger partial charge in [0.15, 0.2) is 0 Å². The van der Waals surface area contributed by atoms with E-state index in [0.29, 0.717) is 5.69 Å². The van der Waals surface area contributed by atoms with Crippen molar-refractivity contribution in [3.63, 3.8) is 0 Å². The van der Waals surface area contributed by atoms with Crippen molar-refractivity contribution in [2.75, 3.05) is 18.0 Å². The summed E-state index contributed by atoms with van der Waals surface area (Å²) in [4.78, 5) is 14.0. The number of hydrogen-bond donors (Lipinski definition) is 0. The molecule has 1 aliphatic rings. The highest BCUT2D eigenvalue weighted by Crippen LogP contribution is 2.23. The lowest BCUT2D eigenvalue weighted by Gasteiger charge is -2.28. The van der Waals surface area contributed by atoms with Crippen LogP contribution in [0.15, 0.2) is 41.2 Å². The topological polar surface area (TPSA) is 61.9 Å². The largest absolute Gasteiger partial charge is 0.372 e. The molecule has 5 heteroatoms. The Morgan fingerprint density at radius 1 is 1.05 bits per heavy atom. The zero-order chi connectivity index (χ0) is 15.4. The Labute approximate surface area is 129 Å². The number of hydrogen-bond acceptors (Lipinski definition) is 4. The summed E-state index contributed by atoms with van der Waals surface area (Å²) in [5, 5.41) is 13.0. The fraction of sp³-hybridized carbons (Fsp3) is 0.353. The van der Waals surface area contributed by atoms with E-state index < -0.39 is 0 Å². The molecule has 1 aliphatic heterocycles. The first-order chi connectivity index (χ1) is 10.8. The van der Waals surface area contributed by atoms with Gasteiger partial charge >= 0.3 is 0 Å². The SMILES string of the molecule is N#CCn1nc(-c2ccc(N3CCCCC3)cc2)ccc1=O. The van der Waals surface area contributed by atoms with Gasteiger partial charge in [0.05, 0.1) is 11.8 Å². The Bertz CT molecular complexity index is 736. The molecule has 1 aromatic carbocycles. The van der Waals surface area contributed by atoms with Gasteiger partial charge in [-0.1, -0.05) is 12.1 Å². The molecule has 5 nitrogen and oxygen atoms in total. The zero-order valence-corrected chi connectivity index (χ0v) is 12.4. The first-order valence-corrected chi connectivity index (χ1v) is 7.58. The summed E-state index contributed by atoms with van der Waals surface area (Å²) < 4.78 is 1.19. The summed E-state index contributed by atoms with van der Waals surface area (Å²) in [6.07, 6.45) is 3.82. The fourth-order valence-electron chi connectivity index (χ4n) is 2.78. The Hall–Kier alpha value is -2.61. The van der Waals surface area contributed by atoms with Gasteiger partial charge in [-0.25, -0.2) is 4.68 Å². The summed E-state index contributed by atoms with van der Waals surface area (Å²) in [5.41, 5.74) is 2.64. The third-order valence-corrected chi connectivity index (χ3v) is 3.97. The molecule has 22 heavy (non-hydrogen) atoms. The first kappa shape index (κ1) is 14.3. The maximum Gasteiger partial charge on any atom is 0.267 e. The number of anilines is 1. The smallest absolute Gasteiger partial charge is 0.267 e. The number of rotatable bonds is 3. The van der Waals surface area contributed by atoms with Crippen molar-refractivity contribution in [3.8, 4) is 17.3 Å². The summed E-state index contributed by atoms with van der Waals surface area (Å²) in [6.45, 7) is 2.20. The van der Waals surface area contributed by atoms with Crippen LogP contribution in [0.2, 0.25) is 0 Å². The van der Waals surface area contributed by atoms with Crippen LogP contribution in [0.4, 0.5) is 5.69 Å². The van der Waals surface area contributed by atoms with Crippen molar-refractivity contribution in [1.82, 2.24) is 9.78 Å². The molecule has 0 radical (unpaired) electrons. The van der Waals surface area contributed by atoms with E-state index in [1.165, 1.54) is 35.7 Å². The number of piperidine rings is 1. The molecule has 3 rings (SSSR count). The van der Waals surface area contributed by atoms with Gasteiger partial charge in [0.1, 0.15) is 6.54 Å². The van der Waals surface area contributed by atoms with E-state index in [1.807, 2.05) is 18.2 Å². The predicted molar refractivity (Wildman–Crippen MR) is 85.6 cm³/mol. The molecule has 2 heterocycles. The van der Waals surface area contributed by atoms with E-state index in [2.05, 4.69) is 22.1 Å². The standard InChI is InChI=1S/C17H18N4O/c18-10-13-21-17(22)9-8-16(19-21)14-4-6-15(7-5-14)20-11-2-1-3-12-20/h4-9H,1-3,11-13H2. The highest BCUT2D eigenvalue weighted by Gasteiger charge is 2.11. The third-order valence-electron chi connectivity index (χ3n) is 3.97. The predicted octanol–water partition coefficient (Wildman–Crippen LogP) is 2.42. The molecule has 0 N–H and O–H groups in total. The second kappa shape index (κ2) is 6.44. The maximum atomic E-state index is 11.6. The van der Waals surface area contributed by atoms with Gasteiger partial charge in [-0.15, -0.1) is 0 Å². The molecule has 0 unspecified atom stereocenters. The molecule has 0 aliphatic carbocycles. The second-order valence-electron chi connectivity index (χ2n) is 5.47. The highest BCUT2D eigenvalue weighted by atomic mass is 16.1. The number of nitriles is 1. The minimum atomic E-state index is -0.254. The zero-order valence-electron chi connectivity index (χ0n) is 12.4. The third kappa shape index (κ3) is 3.01.